The molecular formula is C20H19N5O2. The molecule has 3 aromatic rings. The molecule has 0 spiro atoms. The van der Waals surface area contributed by atoms with Gasteiger partial charge in [-0.25, -0.2) is 9.97 Å². The normalized spacial score (nSPS) is 16.4. The summed E-state index contributed by atoms with van der Waals surface area (Å²) >= 11 is 0. The second-order valence-corrected chi connectivity index (χ2v) is 6.50. The Balaban J connectivity index is 1.57. The zero-order valence-electron chi connectivity index (χ0n) is 14.6. The van der Waals surface area contributed by atoms with E-state index >= 15 is 0 Å². The number of amides is 2. The van der Waals surface area contributed by atoms with Crippen LogP contribution in [0.2, 0.25) is 0 Å². The molecule has 2 heterocycles. The third kappa shape index (κ3) is 3.31. The van der Waals surface area contributed by atoms with Crippen molar-refractivity contribution < 1.29 is 9.59 Å². The van der Waals surface area contributed by atoms with Crippen molar-refractivity contribution in [2.75, 3.05) is 16.8 Å². The third-order valence-corrected chi connectivity index (χ3v) is 4.79. The highest BCUT2D eigenvalue weighted by Gasteiger charge is 2.32. The van der Waals surface area contributed by atoms with Crippen LogP contribution in [-0.4, -0.2) is 34.4 Å². The Morgan fingerprint density at radius 1 is 1.07 bits per heavy atom. The smallest absolute Gasteiger partial charge is 0.248 e. The predicted molar refractivity (Wildman–Crippen MR) is 103 cm³/mol. The summed E-state index contributed by atoms with van der Waals surface area (Å²) in [5.41, 5.74) is 7.14. The lowest BCUT2D eigenvalue weighted by Crippen LogP contribution is -2.40. The molecule has 2 aromatic carbocycles. The second-order valence-electron chi connectivity index (χ2n) is 6.50. The molecule has 1 saturated heterocycles. The molecule has 7 heteroatoms. The highest BCUT2D eigenvalue weighted by Crippen LogP contribution is 2.30. The molecule has 2 amide bonds. The second kappa shape index (κ2) is 7.03. The van der Waals surface area contributed by atoms with Crippen LogP contribution in [0.1, 0.15) is 23.2 Å². The molecule has 4 rings (SSSR count). The summed E-state index contributed by atoms with van der Waals surface area (Å²) in [5.74, 6) is 0.190. The summed E-state index contributed by atoms with van der Waals surface area (Å²) in [6.07, 6.45) is 3.20. The van der Waals surface area contributed by atoms with Gasteiger partial charge in [0.05, 0.1) is 5.52 Å². The Morgan fingerprint density at radius 2 is 1.85 bits per heavy atom. The number of nitrogens with one attached hydrogen (secondary N) is 1. The van der Waals surface area contributed by atoms with Gasteiger partial charge in [0.25, 0.3) is 0 Å². The number of fused-ring (bicyclic) bond motifs is 1. The van der Waals surface area contributed by atoms with Crippen molar-refractivity contribution in [1.29, 1.82) is 0 Å². The number of hydrogen-bond acceptors (Lipinski definition) is 5. The minimum Gasteiger partial charge on any atom is -0.366 e. The molecule has 27 heavy (non-hydrogen) atoms. The SMILES string of the molecule is NC(=O)c1ccc(NC(=O)[C@H]2CCCN2c2ncnc3ccccc23)cc1. The summed E-state index contributed by atoms with van der Waals surface area (Å²) in [6, 6.07) is 14.0. The Labute approximate surface area is 156 Å². The Bertz CT molecular complexity index is 997. The number of para-hydroxylation sites is 1. The van der Waals surface area contributed by atoms with Gasteiger partial charge >= 0.3 is 0 Å². The van der Waals surface area contributed by atoms with E-state index in [-0.39, 0.29) is 11.9 Å². The van der Waals surface area contributed by atoms with Gasteiger partial charge in [-0.15, -0.1) is 0 Å². The van der Waals surface area contributed by atoms with E-state index in [2.05, 4.69) is 15.3 Å². The molecule has 0 bridgehead atoms. The Morgan fingerprint density at radius 3 is 2.63 bits per heavy atom. The number of rotatable bonds is 4. The first-order valence-corrected chi connectivity index (χ1v) is 8.80. The van der Waals surface area contributed by atoms with E-state index in [0.717, 1.165) is 36.1 Å². The van der Waals surface area contributed by atoms with Crippen LogP contribution >= 0.6 is 0 Å². The van der Waals surface area contributed by atoms with Crippen molar-refractivity contribution in [2.45, 2.75) is 18.9 Å². The van der Waals surface area contributed by atoms with Gasteiger partial charge in [-0.05, 0) is 49.2 Å². The number of carbonyl (C=O) groups excluding carboxylic acids is 2. The van der Waals surface area contributed by atoms with Crippen LogP contribution in [-0.2, 0) is 4.79 Å². The standard InChI is InChI=1S/C20H19N5O2/c21-18(26)13-7-9-14(10-8-13)24-20(27)17-6-3-11-25(17)19-15-4-1-2-5-16(15)22-12-23-19/h1-2,4-5,7-10,12,17H,3,6,11H2,(H2,21,26)(H,24,27)/t17-/m1/s1. The van der Waals surface area contributed by atoms with Gasteiger partial charge in [-0.3, -0.25) is 9.59 Å². The number of nitrogens with zero attached hydrogens (tertiary/aromatic N) is 3. The summed E-state index contributed by atoms with van der Waals surface area (Å²) in [6.45, 7) is 0.764. The Kier molecular flexibility index (Phi) is 4.42. The summed E-state index contributed by atoms with van der Waals surface area (Å²) in [5, 5.41) is 3.86. The van der Waals surface area contributed by atoms with Crippen LogP contribution < -0.4 is 16.0 Å². The van der Waals surface area contributed by atoms with Crippen molar-refractivity contribution in [3.63, 3.8) is 0 Å². The molecule has 136 valence electrons. The molecule has 1 aliphatic heterocycles. The van der Waals surface area contributed by atoms with Crippen molar-refractivity contribution in [3.05, 3.63) is 60.4 Å². The third-order valence-electron chi connectivity index (χ3n) is 4.79. The van der Waals surface area contributed by atoms with Crippen molar-refractivity contribution in [2.24, 2.45) is 5.73 Å². The van der Waals surface area contributed by atoms with Gasteiger partial charge in [0.15, 0.2) is 0 Å². The van der Waals surface area contributed by atoms with E-state index in [1.54, 1.807) is 24.3 Å². The van der Waals surface area contributed by atoms with Crippen LogP contribution in [0.25, 0.3) is 10.9 Å². The number of anilines is 2. The summed E-state index contributed by atoms with van der Waals surface area (Å²) < 4.78 is 0. The molecule has 7 nitrogen and oxygen atoms in total. The van der Waals surface area contributed by atoms with Gasteiger partial charge < -0.3 is 16.0 Å². The number of nitrogens with two attached hydrogens (primary N) is 1. The van der Waals surface area contributed by atoms with Gasteiger partial charge in [-0.2, -0.15) is 0 Å². The van der Waals surface area contributed by atoms with E-state index in [1.807, 2.05) is 29.2 Å². The van der Waals surface area contributed by atoms with Crippen molar-refractivity contribution in [1.82, 2.24) is 9.97 Å². The lowest BCUT2D eigenvalue weighted by Gasteiger charge is -2.25. The Hall–Kier alpha value is -3.48. The van der Waals surface area contributed by atoms with E-state index in [0.29, 0.717) is 11.3 Å². The fraction of sp³-hybridized carbons (Fsp3) is 0.200. The zero-order chi connectivity index (χ0) is 18.8. The molecule has 1 atom stereocenters. The highest BCUT2D eigenvalue weighted by atomic mass is 16.2. The van der Waals surface area contributed by atoms with Crippen molar-refractivity contribution in [3.8, 4) is 0 Å². The first kappa shape index (κ1) is 17.0. The van der Waals surface area contributed by atoms with Gasteiger partial charge in [-0.1, -0.05) is 12.1 Å². The molecule has 0 aliphatic carbocycles. The molecule has 3 N–H and O–H groups in total. The number of benzene rings is 2. The fourth-order valence-electron chi connectivity index (χ4n) is 3.46. The van der Waals surface area contributed by atoms with E-state index in [9.17, 15) is 9.59 Å². The zero-order valence-corrected chi connectivity index (χ0v) is 14.6. The molecule has 0 saturated carbocycles. The first-order valence-electron chi connectivity index (χ1n) is 8.80. The molecule has 0 unspecified atom stereocenters. The monoisotopic (exact) mass is 361 g/mol. The molecule has 1 aliphatic rings. The largest absolute Gasteiger partial charge is 0.366 e. The molecule has 0 radical (unpaired) electrons. The predicted octanol–water partition coefficient (Wildman–Crippen LogP) is 2.34. The molecule has 1 fully saturated rings. The van der Waals surface area contributed by atoms with Crippen LogP contribution in [0.4, 0.5) is 11.5 Å². The molecular weight excluding hydrogens is 342 g/mol. The number of primary amides is 1. The van der Waals surface area contributed by atoms with E-state index in [1.165, 1.54) is 6.33 Å². The minimum atomic E-state index is -0.495. The maximum atomic E-state index is 12.9. The lowest BCUT2D eigenvalue weighted by atomic mass is 10.1. The van der Waals surface area contributed by atoms with Gasteiger partial charge in [0, 0.05) is 23.2 Å². The van der Waals surface area contributed by atoms with Gasteiger partial charge in [0.2, 0.25) is 11.8 Å². The minimum absolute atomic E-state index is 0.0954. The van der Waals surface area contributed by atoms with E-state index < -0.39 is 5.91 Å². The van der Waals surface area contributed by atoms with Gasteiger partial charge in [0.1, 0.15) is 18.2 Å². The average Bonchev–Trinajstić information content (AvgIpc) is 3.18. The average molecular weight is 361 g/mol. The first-order chi connectivity index (χ1) is 13.1. The van der Waals surface area contributed by atoms with Crippen molar-refractivity contribution >= 4 is 34.2 Å². The maximum absolute atomic E-state index is 12.9. The van der Waals surface area contributed by atoms with Crippen LogP contribution in [0, 0.1) is 0 Å². The number of carbonyl (C=O) groups is 2. The summed E-state index contributed by atoms with van der Waals surface area (Å²) in [7, 11) is 0. The highest BCUT2D eigenvalue weighted by molar-refractivity contribution is 6.00. The van der Waals surface area contributed by atoms with Crippen LogP contribution in [0.15, 0.2) is 54.9 Å². The van der Waals surface area contributed by atoms with Crippen LogP contribution in [0.3, 0.4) is 0 Å². The summed E-state index contributed by atoms with van der Waals surface area (Å²) in [4.78, 5) is 34.8. The molecule has 1 aromatic heterocycles. The van der Waals surface area contributed by atoms with Crippen LogP contribution in [0.5, 0.6) is 0 Å². The maximum Gasteiger partial charge on any atom is 0.248 e. The number of hydrogen-bond donors (Lipinski definition) is 2. The topological polar surface area (TPSA) is 101 Å². The quantitative estimate of drug-likeness (QED) is 0.743. The number of aromatic nitrogens is 2. The van der Waals surface area contributed by atoms with E-state index in [4.69, 9.17) is 5.73 Å². The lowest BCUT2D eigenvalue weighted by molar-refractivity contribution is -0.117. The fourth-order valence-corrected chi connectivity index (χ4v) is 3.46.